The molecule has 0 spiro atoms. The molecule has 108 valence electrons. The Morgan fingerprint density at radius 3 is 1.89 bits per heavy atom. The third kappa shape index (κ3) is 7.04. The average molecular weight is 388 g/mol. The van der Waals surface area contributed by atoms with Crippen LogP contribution >= 0.6 is 8.92 Å². The molecule has 0 radical (unpaired) electrons. The first kappa shape index (κ1) is 17.4. The van der Waals surface area contributed by atoms with Gasteiger partial charge in [-0.15, -0.1) is 0 Å². The molecule has 0 amide bonds. The van der Waals surface area contributed by atoms with Gasteiger partial charge in [-0.1, -0.05) is 0 Å². The third-order valence-corrected chi connectivity index (χ3v) is 18.1. The second-order valence-corrected chi connectivity index (χ2v) is 22.1. The minimum absolute atomic E-state index is 1.20. The van der Waals surface area contributed by atoms with E-state index in [1.165, 1.54) is 56.5 Å². The van der Waals surface area contributed by atoms with E-state index in [1.807, 2.05) is 0 Å². The van der Waals surface area contributed by atoms with Crippen molar-refractivity contribution in [1.82, 2.24) is 0 Å². The van der Waals surface area contributed by atoms with Gasteiger partial charge in [-0.25, -0.2) is 0 Å². The van der Waals surface area contributed by atoms with Crippen molar-refractivity contribution in [3.63, 3.8) is 0 Å². The van der Waals surface area contributed by atoms with Crippen molar-refractivity contribution >= 4 is 26.2 Å². The molecule has 0 aliphatic carbocycles. The SMILES string of the molecule is CCC[CH2][Sn]([Cl])([CH2]CCC)[CH2]Cc1ccc(C)cc1. The predicted octanol–water partition coefficient (Wildman–Crippen LogP) is 6.32. The van der Waals surface area contributed by atoms with Crippen LogP contribution in [-0.4, -0.2) is 17.3 Å². The molecule has 0 saturated carbocycles. The summed E-state index contributed by atoms with van der Waals surface area (Å²) in [5.41, 5.74) is 2.82. The monoisotopic (exact) mass is 388 g/mol. The zero-order valence-corrected chi connectivity index (χ0v) is 16.5. The van der Waals surface area contributed by atoms with E-state index < -0.39 is 17.3 Å². The van der Waals surface area contributed by atoms with Crippen LogP contribution in [0.3, 0.4) is 0 Å². The van der Waals surface area contributed by atoms with E-state index in [0.29, 0.717) is 0 Å². The molecule has 1 rings (SSSR count). The van der Waals surface area contributed by atoms with Crippen LogP contribution in [-0.2, 0) is 6.42 Å². The van der Waals surface area contributed by atoms with Crippen LogP contribution in [0.5, 0.6) is 0 Å². The predicted molar refractivity (Wildman–Crippen MR) is 90.7 cm³/mol. The number of hydrogen-bond acceptors (Lipinski definition) is 0. The zero-order valence-electron chi connectivity index (χ0n) is 12.8. The van der Waals surface area contributed by atoms with E-state index in [-0.39, 0.29) is 0 Å². The topological polar surface area (TPSA) is 0 Å². The number of aryl methyl sites for hydroxylation is 2. The quantitative estimate of drug-likeness (QED) is 0.435. The maximum absolute atomic E-state index is 7.09. The summed E-state index contributed by atoms with van der Waals surface area (Å²) in [7, 11) is 7.09. The van der Waals surface area contributed by atoms with Crippen molar-refractivity contribution in [3.05, 3.63) is 35.4 Å². The van der Waals surface area contributed by atoms with Crippen molar-refractivity contribution in [1.29, 1.82) is 0 Å². The number of benzene rings is 1. The summed E-state index contributed by atoms with van der Waals surface area (Å²) >= 11 is -2.30. The number of hydrogen-bond donors (Lipinski definition) is 0. The second-order valence-electron chi connectivity index (χ2n) is 5.84. The summed E-state index contributed by atoms with van der Waals surface area (Å²) in [6, 6.07) is 8.99. The maximum atomic E-state index is 7.09. The van der Waals surface area contributed by atoms with Crippen LogP contribution in [0.1, 0.15) is 50.7 Å². The fourth-order valence-corrected chi connectivity index (χ4v) is 14.8. The van der Waals surface area contributed by atoms with Crippen LogP contribution in [0.4, 0.5) is 0 Å². The first-order valence-corrected chi connectivity index (χ1v) is 17.5. The first-order chi connectivity index (χ1) is 9.09. The van der Waals surface area contributed by atoms with Crippen molar-refractivity contribution < 1.29 is 0 Å². The van der Waals surface area contributed by atoms with Crippen LogP contribution in [0, 0.1) is 6.92 Å². The fourth-order valence-electron chi connectivity index (χ4n) is 2.49. The summed E-state index contributed by atoms with van der Waals surface area (Å²) in [5, 5.41) is 0. The van der Waals surface area contributed by atoms with Gasteiger partial charge in [0.15, 0.2) is 0 Å². The first-order valence-electron chi connectivity index (χ1n) is 7.84. The Hall–Kier alpha value is 0.309. The van der Waals surface area contributed by atoms with Crippen molar-refractivity contribution in [3.8, 4) is 0 Å². The summed E-state index contributed by atoms with van der Waals surface area (Å²) < 4.78 is 4.07. The molecule has 1 aromatic rings. The molecule has 0 bridgehead atoms. The van der Waals surface area contributed by atoms with Gasteiger partial charge in [0.2, 0.25) is 0 Å². The molecule has 0 nitrogen and oxygen atoms in total. The molecule has 0 saturated heterocycles. The van der Waals surface area contributed by atoms with Gasteiger partial charge in [0, 0.05) is 0 Å². The number of rotatable bonds is 9. The molecule has 0 aromatic heterocycles. The van der Waals surface area contributed by atoms with Gasteiger partial charge < -0.3 is 0 Å². The molecular weight excluding hydrogens is 358 g/mol. The zero-order chi connectivity index (χ0) is 14.1. The van der Waals surface area contributed by atoms with Crippen molar-refractivity contribution in [2.24, 2.45) is 0 Å². The molecule has 0 N–H and O–H groups in total. The van der Waals surface area contributed by atoms with E-state index >= 15 is 0 Å². The fraction of sp³-hybridized carbons (Fsp3) is 0.647. The Morgan fingerprint density at radius 2 is 1.42 bits per heavy atom. The Kier molecular flexibility index (Phi) is 8.48. The van der Waals surface area contributed by atoms with Gasteiger partial charge in [-0.3, -0.25) is 0 Å². The Morgan fingerprint density at radius 1 is 0.895 bits per heavy atom. The number of halogens is 1. The van der Waals surface area contributed by atoms with Gasteiger partial charge in [0.25, 0.3) is 0 Å². The Bertz CT molecular complexity index is 337. The van der Waals surface area contributed by atoms with Gasteiger partial charge in [-0.2, -0.15) is 0 Å². The summed E-state index contributed by atoms with van der Waals surface area (Å²) in [6.07, 6.45) is 6.48. The standard InChI is InChI=1S/C9H11.2C4H9.ClH.Sn/c1-3-9-6-4-8(2)5-7-9;2*1-3-4-2;;/h4-7H,1,3H2,2H3;2*1,3-4H2,2H3;1H;/q;;;;+1/p-1. The van der Waals surface area contributed by atoms with Crippen molar-refractivity contribution in [2.45, 2.75) is 66.2 Å². The molecule has 1 aromatic carbocycles. The van der Waals surface area contributed by atoms with Crippen LogP contribution < -0.4 is 0 Å². The van der Waals surface area contributed by atoms with Crippen LogP contribution in [0.25, 0.3) is 0 Å². The molecule has 2 heteroatoms. The number of unbranched alkanes of at least 4 members (excludes halogenated alkanes) is 2. The van der Waals surface area contributed by atoms with Gasteiger partial charge in [0.1, 0.15) is 0 Å². The van der Waals surface area contributed by atoms with Crippen LogP contribution in [0.2, 0.25) is 13.3 Å². The Balaban J connectivity index is 2.53. The summed E-state index contributed by atoms with van der Waals surface area (Å²) in [4.78, 5) is 0. The van der Waals surface area contributed by atoms with E-state index in [4.69, 9.17) is 8.92 Å². The average Bonchev–Trinajstić information content (AvgIpc) is 2.43. The molecular formula is C17H29ClSn. The van der Waals surface area contributed by atoms with E-state index in [2.05, 4.69) is 45.0 Å². The molecule has 19 heavy (non-hydrogen) atoms. The molecule has 0 aliphatic heterocycles. The van der Waals surface area contributed by atoms with Crippen LogP contribution in [0.15, 0.2) is 24.3 Å². The van der Waals surface area contributed by atoms with E-state index in [1.54, 1.807) is 0 Å². The Labute approximate surface area is 127 Å². The van der Waals surface area contributed by atoms with E-state index in [9.17, 15) is 0 Å². The molecule has 0 unspecified atom stereocenters. The summed E-state index contributed by atoms with van der Waals surface area (Å²) in [5.74, 6) is 0. The van der Waals surface area contributed by atoms with Gasteiger partial charge in [-0.05, 0) is 0 Å². The molecule has 0 heterocycles. The summed E-state index contributed by atoms with van der Waals surface area (Å²) in [6.45, 7) is 6.71. The normalized spacial score (nSPS) is 11.8. The van der Waals surface area contributed by atoms with Crippen molar-refractivity contribution in [2.75, 3.05) is 0 Å². The van der Waals surface area contributed by atoms with E-state index in [0.717, 1.165) is 0 Å². The minimum atomic E-state index is -2.30. The molecule has 0 atom stereocenters. The molecule has 0 aliphatic rings. The second kappa shape index (κ2) is 9.28. The third-order valence-electron chi connectivity index (χ3n) is 3.94. The molecule has 0 fully saturated rings. The van der Waals surface area contributed by atoms with Gasteiger partial charge >= 0.3 is 128 Å². The van der Waals surface area contributed by atoms with Gasteiger partial charge in [0.05, 0.1) is 0 Å².